The van der Waals surface area contributed by atoms with Crippen LogP contribution in [0.4, 0.5) is 10.5 Å². The minimum atomic E-state index is -0.464. The molecule has 4 N–H and O–H groups in total. The highest BCUT2D eigenvalue weighted by Crippen LogP contribution is 2.11. The fourth-order valence-electron chi connectivity index (χ4n) is 1.99. The molecule has 0 fully saturated rings. The largest absolute Gasteiger partial charge is 0.336 e. The van der Waals surface area contributed by atoms with Crippen molar-refractivity contribution >= 4 is 39.5 Å². The first kappa shape index (κ1) is 19.5. The highest BCUT2D eigenvalue weighted by atomic mass is 79.9. The van der Waals surface area contributed by atoms with Gasteiger partial charge in [-0.15, -0.1) is 0 Å². The van der Waals surface area contributed by atoms with Gasteiger partial charge in [-0.05, 0) is 62.4 Å². The summed E-state index contributed by atoms with van der Waals surface area (Å²) in [7, 11) is 0. The lowest BCUT2D eigenvalue weighted by molar-refractivity contribution is 0.0846. The molecule has 26 heavy (non-hydrogen) atoms. The maximum absolute atomic E-state index is 12.1. The third-order valence-corrected chi connectivity index (χ3v) is 3.75. The summed E-state index contributed by atoms with van der Waals surface area (Å²) in [5.74, 6) is -0.886. The summed E-state index contributed by atoms with van der Waals surface area (Å²) in [5.41, 5.74) is 6.02. The van der Waals surface area contributed by atoms with Gasteiger partial charge >= 0.3 is 6.03 Å². The van der Waals surface area contributed by atoms with Crippen molar-refractivity contribution in [1.82, 2.24) is 16.2 Å². The molecule has 0 radical (unpaired) electrons. The average molecular weight is 419 g/mol. The van der Waals surface area contributed by atoms with Crippen LogP contribution in [0.3, 0.4) is 0 Å². The summed E-state index contributed by atoms with van der Waals surface area (Å²) in [6.45, 7) is 3.71. The number of urea groups is 1. The number of hydrogen-bond acceptors (Lipinski definition) is 3. The van der Waals surface area contributed by atoms with Gasteiger partial charge in [-0.1, -0.05) is 15.9 Å². The fourth-order valence-corrected chi connectivity index (χ4v) is 2.26. The number of carbonyl (C=O) groups is 3. The average Bonchev–Trinajstić information content (AvgIpc) is 2.60. The van der Waals surface area contributed by atoms with Gasteiger partial charge in [0.15, 0.2) is 0 Å². The van der Waals surface area contributed by atoms with E-state index in [9.17, 15) is 14.4 Å². The first-order valence-electron chi connectivity index (χ1n) is 7.89. The Kier molecular flexibility index (Phi) is 6.74. The molecule has 0 spiro atoms. The van der Waals surface area contributed by atoms with Crippen LogP contribution in [0.25, 0.3) is 0 Å². The molecule has 0 saturated heterocycles. The van der Waals surface area contributed by atoms with Gasteiger partial charge in [-0.3, -0.25) is 20.4 Å². The Balaban J connectivity index is 1.88. The minimum absolute atomic E-state index is 0.0226. The Bertz CT molecular complexity index is 789. The third kappa shape index (κ3) is 5.89. The van der Waals surface area contributed by atoms with Crippen LogP contribution >= 0.6 is 15.9 Å². The highest BCUT2D eigenvalue weighted by molar-refractivity contribution is 9.10. The van der Waals surface area contributed by atoms with Crippen molar-refractivity contribution < 1.29 is 14.4 Å². The molecule has 0 aliphatic carbocycles. The van der Waals surface area contributed by atoms with Gasteiger partial charge in [-0.25, -0.2) is 4.79 Å². The molecule has 136 valence electrons. The molecule has 0 aliphatic heterocycles. The molecule has 8 heteroatoms. The number of anilines is 1. The zero-order chi connectivity index (χ0) is 19.1. The summed E-state index contributed by atoms with van der Waals surface area (Å²) >= 11 is 3.29. The van der Waals surface area contributed by atoms with Crippen molar-refractivity contribution in [3.63, 3.8) is 0 Å². The van der Waals surface area contributed by atoms with E-state index in [1.54, 1.807) is 48.5 Å². The van der Waals surface area contributed by atoms with Crippen molar-refractivity contribution in [2.24, 2.45) is 0 Å². The SMILES string of the molecule is CC(C)NC(=O)Nc1ccc(C(=O)NNC(=O)c2ccc(Br)cc2)cc1. The maximum atomic E-state index is 12.1. The lowest BCUT2D eigenvalue weighted by Crippen LogP contribution is -2.41. The summed E-state index contributed by atoms with van der Waals surface area (Å²) < 4.78 is 0.855. The minimum Gasteiger partial charge on any atom is -0.336 e. The predicted octanol–water partition coefficient (Wildman–Crippen LogP) is 3.05. The van der Waals surface area contributed by atoms with Crippen LogP contribution in [0.2, 0.25) is 0 Å². The smallest absolute Gasteiger partial charge is 0.319 e. The van der Waals surface area contributed by atoms with Crippen LogP contribution in [0.5, 0.6) is 0 Å². The van der Waals surface area contributed by atoms with Crippen LogP contribution in [-0.2, 0) is 0 Å². The highest BCUT2D eigenvalue weighted by Gasteiger charge is 2.10. The number of benzene rings is 2. The van der Waals surface area contributed by atoms with E-state index in [2.05, 4.69) is 37.4 Å². The van der Waals surface area contributed by atoms with E-state index >= 15 is 0 Å². The zero-order valence-electron chi connectivity index (χ0n) is 14.3. The normalized spacial score (nSPS) is 10.2. The monoisotopic (exact) mass is 418 g/mol. The molecule has 2 rings (SSSR count). The van der Waals surface area contributed by atoms with Gasteiger partial charge in [0.1, 0.15) is 0 Å². The number of amides is 4. The summed E-state index contributed by atoms with van der Waals surface area (Å²) in [6, 6.07) is 12.7. The first-order valence-corrected chi connectivity index (χ1v) is 8.68. The summed E-state index contributed by atoms with van der Waals surface area (Å²) in [4.78, 5) is 35.7. The van der Waals surface area contributed by atoms with Crippen LogP contribution in [0.15, 0.2) is 53.0 Å². The lowest BCUT2D eigenvalue weighted by atomic mass is 10.2. The molecule has 0 atom stereocenters. The van der Waals surface area contributed by atoms with Gasteiger partial charge in [0.2, 0.25) is 0 Å². The molecule has 0 aliphatic rings. The van der Waals surface area contributed by atoms with Crippen molar-refractivity contribution in [1.29, 1.82) is 0 Å². The number of halogens is 1. The Morgan fingerprint density at radius 3 is 1.73 bits per heavy atom. The van der Waals surface area contributed by atoms with Crippen LogP contribution in [0, 0.1) is 0 Å². The summed E-state index contributed by atoms with van der Waals surface area (Å²) in [6.07, 6.45) is 0. The van der Waals surface area contributed by atoms with Crippen molar-refractivity contribution in [3.05, 3.63) is 64.1 Å². The van der Waals surface area contributed by atoms with E-state index in [0.29, 0.717) is 16.8 Å². The Labute approximate surface area is 159 Å². The van der Waals surface area contributed by atoms with E-state index < -0.39 is 11.8 Å². The number of hydrogen-bond donors (Lipinski definition) is 4. The molecule has 0 bridgehead atoms. The summed E-state index contributed by atoms with van der Waals surface area (Å²) in [5, 5.41) is 5.36. The van der Waals surface area contributed by atoms with Crippen LogP contribution in [-0.4, -0.2) is 23.9 Å². The molecule has 0 unspecified atom stereocenters. The quantitative estimate of drug-likeness (QED) is 0.574. The standard InChI is InChI=1S/C18H19BrN4O3/c1-11(2)20-18(26)21-15-9-5-13(6-10-15)17(25)23-22-16(24)12-3-7-14(19)8-4-12/h3-11H,1-2H3,(H,22,24)(H,23,25)(H2,20,21,26). The molecule has 0 aromatic heterocycles. The van der Waals surface area contributed by atoms with Gasteiger partial charge in [-0.2, -0.15) is 0 Å². The molecule has 2 aromatic rings. The van der Waals surface area contributed by atoms with E-state index in [4.69, 9.17) is 0 Å². The van der Waals surface area contributed by atoms with Crippen LogP contribution in [0.1, 0.15) is 34.6 Å². The molecular weight excluding hydrogens is 400 g/mol. The van der Waals surface area contributed by atoms with E-state index in [-0.39, 0.29) is 12.1 Å². The predicted molar refractivity (Wildman–Crippen MR) is 103 cm³/mol. The third-order valence-electron chi connectivity index (χ3n) is 3.22. The topological polar surface area (TPSA) is 99.3 Å². The molecule has 0 heterocycles. The zero-order valence-corrected chi connectivity index (χ0v) is 15.9. The molecule has 7 nitrogen and oxygen atoms in total. The Morgan fingerprint density at radius 2 is 1.27 bits per heavy atom. The molecule has 0 saturated carbocycles. The second-order valence-electron chi connectivity index (χ2n) is 5.75. The van der Waals surface area contributed by atoms with Gasteiger partial charge in [0.25, 0.3) is 11.8 Å². The Hall–Kier alpha value is -2.87. The van der Waals surface area contributed by atoms with Crippen molar-refractivity contribution in [2.75, 3.05) is 5.32 Å². The maximum Gasteiger partial charge on any atom is 0.319 e. The first-order chi connectivity index (χ1) is 12.3. The molecule has 4 amide bonds. The second-order valence-corrected chi connectivity index (χ2v) is 6.66. The van der Waals surface area contributed by atoms with E-state index in [1.807, 2.05) is 13.8 Å². The number of nitrogens with one attached hydrogen (secondary N) is 4. The number of rotatable bonds is 4. The van der Waals surface area contributed by atoms with Crippen LogP contribution < -0.4 is 21.5 Å². The second kappa shape index (κ2) is 9.00. The van der Waals surface area contributed by atoms with Gasteiger partial charge < -0.3 is 10.6 Å². The van der Waals surface area contributed by atoms with Gasteiger partial charge in [0.05, 0.1) is 0 Å². The fraction of sp³-hybridized carbons (Fsp3) is 0.167. The number of carbonyl (C=O) groups excluding carboxylic acids is 3. The van der Waals surface area contributed by atoms with Gasteiger partial charge in [0, 0.05) is 27.3 Å². The van der Waals surface area contributed by atoms with Crippen molar-refractivity contribution in [2.45, 2.75) is 19.9 Å². The van der Waals surface area contributed by atoms with E-state index in [1.165, 1.54) is 0 Å². The number of hydrazine groups is 1. The lowest BCUT2D eigenvalue weighted by Gasteiger charge is -2.11. The van der Waals surface area contributed by atoms with Crippen molar-refractivity contribution in [3.8, 4) is 0 Å². The Morgan fingerprint density at radius 1 is 0.808 bits per heavy atom. The van der Waals surface area contributed by atoms with E-state index in [0.717, 1.165) is 4.47 Å². The molecule has 2 aromatic carbocycles. The molecular formula is C18H19BrN4O3.